The van der Waals surface area contributed by atoms with Crippen LogP contribution >= 0.6 is 0 Å². The molecule has 2 fully saturated rings. The zero-order valence-electron chi connectivity index (χ0n) is 10.4. The molecule has 1 heterocycles. The zero-order valence-corrected chi connectivity index (χ0v) is 10.4. The first-order chi connectivity index (χ1) is 7.75. The Bertz CT molecular complexity index is 232. The summed E-state index contributed by atoms with van der Waals surface area (Å²) in [5.74, 6) is 1.21. The minimum absolute atomic E-state index is 0.290. The predicted octanol–water partition coefficient (Wildman–Crippen LogP) is 1.78. The lowest BCUT2D eigenvalue weighted by Crippen LogP contribution is -2.40. The van der Waals surface area contributed by atoms with Crippen molar-refractivity contribution in [3.63, 3.8) is 0 Å². The van der Waals surface area contributed by atoms with E-state index in [-0.39, 0.29) is 5.91 Å². The fraction of sp³-hybridized carbons (Fsp3) is 0.923. The van der Waals surface area contributed by atoms with Gasteiger partial charge in [0.15, 0.2) is 0 Å². The summed E-state index contributed by atoms with van der Waals surface area (Å²) in [7, 11) is 0. The second-order valence-electron chi connectivity index (χ2n) is 5.40. The average Bonchev–Trinajstić information content (AvgIpc) is 2.73. The van der Waals surface area contributed by atoms with Crippen LogP contribution in [-0.2, 0) is 4.79 Å². The maximum atomic E-state index is 11.8. The lowest BCUT2D eigenvalue weighted by atomic mass is 9.81. The van der Waals surface area contributed by atoms with Gasteiger partial charge in [0.25, 0.3) is 0 Å². The molecule has 3 heteroatoms. The van der Waals surface area contributed by atoms with Gasteiger partial charge >= 0.3 is 0 Å². The first kappa shape index (κ1) is 11.9. The summed E-state index contributed by atoms with van der Waals surface area (Å²) in [5, 5.41) is 3.37. The van der Waals surface area contributed by atoms with E-state index in [0.717, 1.165) is 19.0 Å². The van der Waals surface area contributed by atoms with E-state index < -0.39 is 0 Å². The molecule has 92 valence electrons. The van der Waals surface area contributed by atoms with E-state index in [9.17, 15) is 4.79 Å². The molecule has 1 saturated carbocycles. The van der Waals surface area contributed by atoms with Crippen LogP contribution in [0.15, 0.2) is 0 Å². The van der Waals surface area contributed by atoms with Gasteiger partial charge < -0.3 is 10.2 Å². The molecule has 0 bridgehead atoms. The van der Waals surface area contributed by atoms with Crippen molar-refractivity contribution in [1.29, 1.82) is 0 Å². The van der Waals surface area contributed by atoms with Gasteiger partial charge in [-0.1, -0.05) is 19.3 Å². The van der Waals surface area contributed by atoms with Crippen LogP contribution < -0.4 is 5.32 Å². The summed E-state index contributed by atoms with van der Waals surface area (Å²) < 4.78 is 0. The van der Waals surface area contributed by atoms with E-state index in [0.29, 0.717) is 12.6 Å². The van der Waals surface area contributed by atoms with Crippen molar-refractivity contribution >= 4 is 5.91 Å². The van der Waals surface area contributed by atoms with E-state index in [1.807, 2.05) is 4.90 Å². The van der Waals surface area contributed by atoms with E-state index in [1.54, 1.807) is 0 Å². The van der Waals surface area contributed by atoms with Crippen molar-refractivity contribution in [1.82, 2.24) is 10.2 Å². The highest BCUT2D eigenvalue weighted by Gasteiger charge is 2.21. The Morgan fingerprint density at radius 1 is 1.31 bits per heavy atom. The molecule has 1 atom stereocenters. The fourth-order valence-corrected chi connectivity index (χ4v) is 2.65. The Morgan fingerprint density at radius 3 is 2.56 bits per heavy atom. The smallest absolute Gasteiger partial charge is 0.236 e. The second kappa shape index (κ2) is 5.67. The number of carbonyl (C=O) groups excluding carboxylic acids is 1. The lowest BCUT2D eigenvalue weighted by Gasteiger charge is -2.28. The monoisotopic (exact) mass is 224 g/mol. The molecule has 2 aliphatic rings. The number of rotatable bonds is 5. The summed E-state index contributed by atoms with van der Waals surface area (Å²) in [6.45, 7) is 4.68. The molecule has 1 amide bonds. The number of nitrogens with one attached hydrogen (secondary N) is 1. The normalized spacial score (nSPS) is 23.2. The summed E-state index contributed by atoms with van der Waals surface area (Å²) in [6, 6.07) is 0.497. The molecule has 3 nitrogen and oxygen atoms in total. The maximum Gasteiger partial charge on any atom is 0.236 e. The summed E-state index contributed by atoms with van der Waals surface area (Å²) in [5.41, 5.74) is 0. The molecule has 1 saturated heterocycles. The summed E-state index contributed by atoms with van der Waals surface area (Å²) in [6.07, 6.45) is 7.81. The molecular weight excluding hydrogens is 200 g/mol. The van der Waals surface area contributed by atoms with Gasteiger partial charge in [0.2, 0.25) is 5.91 Å². The van der Waals surface area contributed by atoms with Crippen LogP contribution in [0.25, 0.3) is 0 Å². The third kappa shape index (κ3) is 3.21. The Hall–Kier alpha value is -0.570. The highest BCUT2D eigenvalue weighted by Crippen LogP contribution is 2.30. The number of carbonyl (C=O) groups is 1. The first-order valence-corrected chi connectivity index (χ1v) is 6.77. The highest BCUT2D eigenvalue weighted by atomic mass is 16.2. The summed E-state index contributed by atoms with van der Waals surface area (Å²) >= 11 is 0. The van der Waals surface area contributed by atoms with E-state index in [1.165, 1.54) is 38.5 Å². The molecule has 2 rings (SSSR count). The molecule has 16 heavy (non-hydrogen) atoms. The lowest BCUT2D eigenvalue weighted by molar-refractivity contribution is -0.129. The predicted molar refractivity (Wildman–Crippen MR) is 65.2 cm³/mol. The van der Waals surface area contributed by atoms with Crippen LogP contribution in [0.1, 0.15) is 45.4 Å². The van der Waals surface area contributed by atoms with Gasteiger partial charge in [0, 0.05) is 19.1 Å². The van der Waals surface area contributed by atoms with Gasteiger partial charge in [-0.05, 0) is 32.1 Å². The van der Waals surface area contributed by atoms with E-state index in [4.69, 9.17) is 0 Å². The molecular formula is C13H24N2O. The van der Waals surface area contributed by atoms with E-state index >= 15 is 0 Å². The number of likely N-dealkylation sites (tertiary alicyclic amines) is 1. The van der Waals surface area contributed by atoms with Crippen LogP contribution in [0.3, 0.4) is 0 Å². The molecule has 0 aromatic carbocycles. The third-order valence-corrected chi connectivity index (χ3v) is 3.97. The summed E-state index contributed by atoms with van der Waals surface area (Å²) in [4.78, 5) is 13.8. The van der Waals surface area contributed by atoms with Gasteiger partial charge in [0.05, 0.1) is 6.54 Å². The fourth-order valence-electron chi connectivity index (χ4n) is 2.65. The minimum atomic E-state index is 0.290. The largest absolute Gasteiger partial charge is 0.342 e. The topological polar surface area (TPSA) is 32.3 Å². The van der Waals surface area contributed by atoms with Gasteiger partial charge in [-0.3, -0.25) is 4.79 Å². The van der Waals surface area contributed by atoms with Crippen LogP contribution in [0.5, 0.6) is 0 Å². The average molecular weight is 224 g/mol. The standard InChI is InChI=1S/C13H24N2O/c1-11(9-12-5-4-6-12)14-10-13(16)15-7-2-3-8-15/h11-12,14H,2-10H2,1H3. The molecule has 0 aromatic heterocycles. The second-order valence-corrected chi connectivity index (χ2v) is 5.40. The Morgan fingerprint density at radius 2 is 2.00 bits per heavy atom. The van der Waals surface area contributed by atoms with Crippen molar-refractivity contribution < 1.29 is 4.79 Å². The molecule has 0 radical (unpaired) electrons. The molecule has 1 aliphatic carbocycles. The van der Waals surface area contributed by atoms with Crippen LogP contribution in [0.2, 0.25) is 0 Å². The van der Waals surface area contributed by atoms with Gasteiger partial charge in [0.1, 0.15) is 0 Å². The SMILES string of the molecule is CC(CC1CCC1)NCC(=O)N1CCCC1. The van der Waals surface area contributed by atoms with Crippen molar-refractivity contribution in [2.45, 2.75) is 51.5 Å². The van der Waals surface area contributed by atoms with Crippen LogP contribution in [0, 0.1) is 5.92 Å². The Labute approximate surface area is 98.6 Å². The number of hydrogen-bond acceptors (Lipinski definition) is 2. The Balaban J connectivity index is 1.59. The molecule has 0 spiro atoms. The molecule has 1 unspecified atom stereocenters. The number of nitrogens with zero attached hydrogens (tertiary/aromatic N) is 1. The third-order valence-electron chi connectivity index (χ3n) is 3.97. The maximum absolute atomic E-state index is 11.8. The van der Waals surface area contributed by atoms with Crippen LogP contribution in [0.4, 0.5) is 0 Å². The van der Waals surface area contributed by atoms with Crippen molar-refractivity contribution in [2.75, 3.05) is 19.6 Å². The van der Waals surface area contributed by atoms with Crippen LogP contribution in [-0.4, -0.2) is 36.5 Å². The molecule has 0 aromatic rings. The van der Waals surface area contributed by atoms with Gasteiger partial charge in [-0.25, -0.2) is 0 Å². The van der Waals surface area contributed by atoms with Crippen molar-refractivity contribution in [2.24, 2.45) is 5.92 Å². The zero-order chi connectivity index (χ0) is 11.4. The first-order valence-electron chi connectivity index (χ1n) is 6.77. The minimum Gasteiger partial charge on any atom is -0.342 e. The quantitative estimate of drug-likeness (QED) is 0.772. The number of hydrogen-bond donors (Lipinski definition) is 1. The van der Waals surface area contributed by atoms with Gasteiger partial charge in [-0.15, -0.1) is 0 Å². The number of amides is 1. The highest BCUT2D eigenvalue weighted by molar-refractivity contribution is 5.78. The van der Waals surface area contributed by atoms with Crippen molar-refractivity contribution in [3.8, 4) is 0 Å². The molecule has 1 N–H and O–H groups in total. The molecule has 1 aliphatic heterocycles. The Kier molecular flexibility index (Phi) is 4.22. The van der Waals surface area contributed by atoms with Crippen molar-refractivity contribution in [3.05, 3.63) is 0 Å². The van der Waals surface area contributed by atoms with Gasteiger partial charge in [-0.2, -0.15) is 0 Å². The van der Waals surface area contributed by atoms with E-state index in [2.05, 4.69) is 12.2 Å².